The van der Waals surface area contributed by atoms with Crippen LogP contribution in [0.2, 0.25) is 0 Å². The second kappa shape index (κ2) is 8.95. The first-order valence-corrected chi connectivity index (χ1v) is 10.2. The minimum Gasteiger partial charge on any atom is -0.493 e. The first-order chi connectivity index (χ1) is 13.8. The van der Waals surface area contributed by atoms with Crippen LogP contribution >= 0.6 is 0 Å². The molecule has 6 nitrogen and oxygen atoms in total. The van der Waals surface area contributed by atoms with Crippen molar-refractivity contribution in [2.45, 2.75) is 38.8 Å². The van der Waals surface area contributed by atoms with E-state index < -0.39 is 0 Å². The highest BCUT2D eigenvalue weighted by Gasteiger charge is 2.22. The topological polar surface area (TPSA) is 67.8 Å². The molecular weight excluding hydrogens is 352 g/mol. The molecule has 0 spiro atoms. The molecule has 1 aliphatic heterocycles. The van der Waals surface area contributed by atoms with Crippen LogP contribution in [-0.4, -0.2) is 30.7 Å². The summed E-state index contributed by atoms with van der Waals surface area (Å²) < 4.78 is 11.5. The molecule has 6 heteroatoms. The molecule has 1 unspecified atom stereocenters. The summed E-state index contributed by atoms with van der Waals surface area (Å²) in [5, 5.41) is 6.90. The van der Waals surface area contributed by atoms with Crippen LogP contribution in [-0.2, 0) is 6.54 Å². The van der Waals surface area contributed by atoms with Gasteiger partial charge in [-0.25, -0.2) is 9.98 Å². The van der Waals surface area contributed by atoms with E-state index in [1.165, 1.54) is 18.4 Å². The van der Waals surface area contributed by atoms with E-state index in [0.717, 1.165) is 42.8 Å². The van der Waals surface area contributed by atoms with Gasteiger partial charge in [0.15, 0.2) is 5.96 Å². The van der Waals surface area contributed by atoms with Crippen molar-refractivity contribution in [2.24, 2.45) is 10.9 Å². The van der Waals surface area contributed by atoms with Crippen LogP contribution in [0.25, 0.3) is 0 Å². The van der Waals surface area contributed by atoms with Gasteiger partial charge in [-0.15, -0.1) is 0 Å². The van der Waals surface area contributed by atoms with Crippen LogP contribution in [0.1, 0.15) is 43.4 Å². The zero-order chi connectivity index (χ0) is 19.2. The van der Waals surface area contributed by atoms with Crippen molar-refractivity contribution >= 4 is 5.96 Å². The highest BCUT2D eigenvalue weighted by atomic mass is 16.5. The average Bonchev–Trinajstić information content (AvgIpc) is 3.56. The van der Waals surface area contributed by atoms with Crippen molar-refractivity contribution in [1.29, 1.82) is 0 Å². The zero-order valence-corrected chi connectivity index (χ0v) is 16.4. The lowest BCUT2D eigenvalue weighted by Gasteiger charge is -2.28. The molecule has 1 aromatic carbocycles. The van der Waals surface area contributed by atoms with Gasteiger partial charge < -0.3 is 20.1 Å². The molecule has 2 N–H and O–H groups in total. The molecule has 0 bridgehead atoms. The Kier molecular flexibility index (Phi) is 5.95. The van der Waals surface area contributed by atoms with Crippen molar-refractivity contribution in [3.8, 4) is 11.6 Å². The van der Waals surface area contributed by atoms with E-state index in [-0.39, 0.29) is 6.04 Å². The second-order valence-electron chi connectivity index (χ2n) is 7.32. The molecule has 1 aromatic heterocycles. The zero-order valence-electron chi connectivity index (χ0n) is 16.4. The molecule has 28 heavy (non-hydrogen) atoms. The maximum Gasteiger partial charge on any atom is 0.213 e. The molecule has 0 amide bonds. The van der Waals surface area contributed by atoms with E-state index in [4.69, 9.17) is 14.5 Å². The Morgan fingerprint density at radius 2 is 2.14 bits per heavy atom. The van der Waals surface area contributed by atoms with E-state index in [2.05, 4.69) is 28.6 Å². The van der Waals surface area contributed by atoms with E-state index in [1.807, 2.05) is 30.3 Å². The Morgan fingerprint density at radius 1 is 1.25 bits per heavy atom. The minimum absolute atomic E-state index is 0.192. The molecule has 1 saturated carbocycles. The van der Waals surface area contributed by atoms with Gasteiger partial charge in [-0.1, -0.05) is 18.2 Å². The predicted molar refractivity (Wildman–Crippen MR) is 110 cm³/mol. The number of para-hydroxylation sites is 1. The highest BCUT2D eigenvalue weighted by molar-refractivity contribution is 5.80. The van der Waals surface area contributed by atoms with E-state index in [0.29, 0.717) is 19.0 Å². The van der Waals surface area contributed by atoms with Crippen LogP contribution in [0.5, 0.6) is 11.6 Å². The second-order valence-corrected chi connectivity index (χ2v) is 7.32. The van der Waals surface area contributed by atoms with Gasteiger partial charge in [-0.2, -0.15) is 0 Å². The summed E-state index contributed by atoms with van der Waals surface area (Å²) >= 11 is 0. The summed E-state index contributed by atoms with van der Waals surface area (Å²) in [6, 6.07) is 12.4. The molecule has 4 rings (SSSR count). The number of fused-ring (bicyclic) bond motifs is 1. The third-order valence-electron chi connectivity index (χ3n) is 5.00. The summed E-state index contributed by atoms with van der Waals surface area (Å²) in [6.45, 7) is 4.93. The molecule has 1 aliphatic carbocycles. The molecular formula is C22H28N4O2. The standard InChI is InChI=1S/C22H28N4O2/c1-2-23-22(26-19-10-12-27-20-6-4-3-5-18(19)20)25-14-17-9-11-24-21(13-17)28-15-16-7-8-16/h3-6,9,11,13,16,19H,2,7-8,10,12,14-15H2,1H3,(H2,23,25,26). The molecule has 1 atom stereocenters. The Hall–Kier alpha value is -2.76. The number of nitrogens with zero attached hydrogens (tertiary/aromatic N) is 2. The Bertz CT molecular complexity index is 820. The molecule has 148 valence electrons. The monoisotopic (exact) mass is 380 g/mol. The van der Waals surface area contributed by atoms with Gasteiger partial charge in [0, 0.05) is 30.8 Å². The van der Waals surface area contributed by atoms with Gasteiger partial charge in [-0.3, -0.25) is 0 Å². The van der Waals surface area contributed by atoms with E-state index in [9.17, 15) is 0 Å². The van der Waals surface area contributed by atoms with Gasteiger partial charge in [0.1, 0.15) is 5.75 Å². The molecule has 0 radical (unpaired) electrons. The van der Waals surface area contributed by atoms with Crippen LogP contribution in [0.15, 0.2) is 47.6 Å². The highest BCUT2D eigenvalue weighted by Crippen LogP contribution is 2.31. The lowest BCUT2D eigenvalue weighted by atomic mass is 10.0. The van der Waals surface area contributed by atoms with Crippen molar-refractivity contribution in [1.82, 2.24) is 15.6 Å². The number of ether oxygens (including phenoxy) is 2. The largest absolute Gasteiger partial charge is 0.493 e. The van der Waals surface area contributed by atoms with E-state index >= 15 is 0 Å². The first kappa shape index (κ1) is 18.6. The number of nitrogens with one attached hydrogen (secondary N) is 2. The fourth-order valence-corrected chi connectivity index (χ4v) is 3.26. The van der Waals surface area contributed by atoms with Crippen molar-refractivity contribution < 1.29 is 9.47 Å². The third-order valence-corrected chi connectivity index (χ3v) is 5.00. The SMILES string of the molecule is CCNC(=NCc1ccnc(OCC2CC2)c1)NC1CCOc2ccccc21. The fraction of sp³-hybridized carbons (Fsp3) is 0.455. The first-order valence-electron chi connectivity index (χ1n) is 10.2. The number of guanidine groups is 1. The average molecular weight is 380 g/mol. The molecule has 2 aliphatic rings. The smallest absolute Gasteiger partial charge is 0.213 e. The normalized spacial score (nSPS) is 18.8. The quantitative estimate of drug-likeness (QED) is 0.569. The van der Waals surface area contributed by atoms with Gasteiger partial charge in [0.2, 0.25) is 5.88 Å². The van der Waals surface area contributed by atoms with Gasteiger partial charge in [0.05, 0.1) is 25.8 Å². The maximum absolute atomic E-state index is 5.78. The summed E-state index contributed by atoms with van der Waals surface area (Å²) in [4.78, 5) is 9.08. The number of hydrogen-bond donors (Lipinski definition) is 2. The van der Waals surface area contributed by atoms with E-state index in [1.54, 1.807) is 6.20 Å². The molecule has 2 aromatic rings. The van der Waals surface area contributed by atoms with Crippen LogP contribution in [0.3, 0.4) is 0 Å². The van der Waals surface area contributed by atoms with Crippen molar-refractivity contribution in [3.05, 3.63) is 53.7 Å². The number of pyridine rings is 1. The minimum atomic E-state index is 0.192. The lowest BCUT2D eigenvalue weighted by molar-refractivity contribution is 0.261. The van der Waals surface area contributed by atoms with Crippen molar-refractivity contribution in [2.75, 3.05) is 19.8 Å². The van der Waals surface area contributed by atoms with Crippen LogP contribution in [0, 0.1) is 5.92 Å². The number of benzene rings is 1. The van der Waals surface area contributed by atoms with Gasteiger partial charge >= 0.3 is 0 Å². The van der Waals surface area contributed by atoms with Gasteiger partial charge in [-0.05, 0) is 43.4 Å². The number of aliphatic imine (C=N–C) groups is 1. The Morgan fingerprint density at radius 3 is 3.00 bits per heavy atom. The van der Waals surface area contributed by atoms with Gasteiger partial charge in [0.25, 0.3) is 0 Å². The fourth-order valence-electron chi connectivity index (χ4n) is 3.26. The van der Waals surface area contributed by atoms with Crippen LogP contribution in [0.4, 0.5) is 0 Å². The molecule has 0 saturated heterocycles. The number of aromatic nitrogens is 1. The third kappa shape index (κ3) is 4.94. The Balaban J connectivity index is 1.41. The summed E-state index contributed by atoms with van der Waals surface area (Å²) in [7, 11) is 0. The Labute approximate surface area is 166 Å². The number of rotatable bonds is 7. The van der Waals surface area contributed by atoms with Crippen molar-refractivity contribution in [3.63, 3.8) is 0 Å². The number of hydrogen-bond acceptors (Lipinski definition) is 4. The molecule has 1 fully saturated rings. The summed E-state index contributed by atoms with van der Waals surface area (Å²) in [6.07, 6.45) is 5.26. The molecule has 2 heterocycles. The summed E-state index contributed by atoms with van der Waals surface area (Å²) in [5.74, 6) is 3.17. The van der Waals surface area contributed by atoms with Crippen LogP contribution < -0.4 is 20.1 Å². The summed E-state index contributed by atoms with van der Waals surface area (Å²) in [5.41, 5.74) is 2.27. The lowest BCUT2D eigenvalue weighted by Crippen LogP contribution is -2.41. The predicted octanol–water partition coefficient (Wildman–Crippen LogP) is 3.45. The maximum atomic E-state index is 5.78.